The molecule has 1 N–H and O–H groups in total. The second-order valence-electron chi connectivity index (χ2n) is 10.3. The van der Waals surface area contributed by atoms with E-state index in [2.05, 4.69) is 21.9 Å². The molecule has 0 unspecified atom stereocenters. The van der Waals surface area contributed by atoms with Gasteiger partial charge in [0.15, 0.2) is 5.65 Å². The molecule has 2 aliphatic heterocycles. The van der Waals surface area contributed by atoms with Crippen molar-refractivity contribution in [3.63, 3.8) is 0 Å². The fraction of sp³-hybridized carbons (Fsp3) is 0.519. The van der Waals surface area contributed by atoms with Crippen molar-refractivity contribution in [3.8, 4) is 5.75 Å². The van der Waals surface area contributed by atoms with Gasteiger partial charge in [-0.05, 0) is 88.8 Å². The van der Waals surface area contributed by atoms with Gasteiger partial charge in [0, 0.05) is 30.1 Å². The van der Waals surface area contributed by atoms with Crippen molar-refractivity contribution in [3.05, 3.63) is 53.2 Å². The van der Waals surface area contributed by atoms with Crippen LogP contribution in [-0.2, 0) is 0 Å². The first-order valence-corrected chi connectivity index (χ1v) is 12.8. The number of amides is 1. The molecule has 8 heteroatoms. The number of pyridine rings is 1. The third kappa shape index (κ3) is 4.63. The summed E-state index contributed by atoms with van der Waals surface area (Å²) < 4.78 is 20.8. The zero-order valence-corrected chi connectivity index (χ0v) is 20.2. The third-order valence-corrected chi connectivity index (χ3v) is 7.75. The van der Waals surface area contributed by atoms with Crippen LogP contribution in [0, 0.1) is 5.82 Å². The number of hydrogen-bond acceptors (Lipinski definition) is 5. The maximum Gasteiger partial charge on any atom is 0.253 e. The lowest BCUT2D eigenvalue weighted by atomic mass is 9.88. The average Bonchev–Trinajstić information content (AvgIpc) is 3.59. The number of halogens is 1. The van der Waals surface area contributed by atoms with Crippen LogP contribution in [0.15, 0.2) is 30.5 Å². The van der Waals surface area contributed by atoms with Crippen LogP contribution >= 0.6 is 0 Å². The van der Waals surface area contributed by atoms with Crippen molar-refractivity contribution in [1.82, 2.24) is 24.8 Å². The van der Waals surface area contributed by atoms with Gasteiger partial charge in [0.05, 0.1) is 12.3 Å². The highest BCUT2D eigenvalue weighted by Gasteiger charge is 2.30. The lowest BCUT2D eigenvalue weighted by molar-refractivity contribution is 0.0712. The number of piperidine rings is 2. The summed E-state index contributed by atoms with van der Waals surface area (Å²) in [5.74, 6) is 1.85. The van der Waals surface area contributed by atoms with Crippen LogP contribution in [0.3, 0.4) is 0 Å². The minimum Gasteiger partial charge on any atom is -0.490 e. The molecule has 1 aliphatic carbocycles. The molecule has 184 valence electrons. The Balaban J connectivity index is 1.15. The number of benzene rings is 1. The van der Waals surface area contributed by atoms with Gasteiger partial charge in [0.1, 0.15) is 22.9 Å². The van der Waals surface area contributed by atoms with E-state index < -0.39 is 0 Å². The van der Waals surface area contributed by atoms with E-state index in [-0.39, 0.29) is 17.6 Å². The summed E-state index contributed by atoms with van der Waals surface area (Å²) in [6.45, 7) is 3.27. The second kappa shape index (κ2) is 9.22. The molecule has 3 fully saturated rings. The Hall–Kier alpha value is -3.00. The lowest BCUT2D eigenvalue weighted by Crippen LogP contribution is -2.38. The summed E-state index contributed by atoms with van der Waals surface area (Å²) in [6.07, 6.45) is 7.38. The van der Waals surface area contributed by atoms with Gasteiger partial charge in [-0.1, -0.05) is 0 Å². The maximum atomic E-state index is 15.0. The van der Waals surface area contributed by atoms with Crippen molar-refractivity contribution < 1.29 is 13.9 Å². The second-order valence-corrected chi connectivity index (χ2v) is 10.3. The van der Waals surface area contributed by atoms with E-state index >= 15 is 4.39 Å². The monoisotopic (exact) mass is 477 g/mol. The molecule has 7 nitrogen and oxygen atoms in total. The predicted octanol–water partition coefficient (Wildman–Crippen LogP) is 4.47. The third-order valence-electron chi connectivity index (χ3n) is 7.75. The number of aromatic nitrogens is 3. The molecule has 1 aromatic carbocycles. The van der Waals surface area contributed by atoms with Gasteiger partial charge in [0.25, 0.3) is 5.91 Å². The molecule has 0 spiro atoms. The summed E-state index contributed by atoms with van der Waals surface area (Å²) in [5, 5.41) is 0. The van der Waals surface area contributed by atoms with Gasteiger partial charge in [-0.2, -0.15) is 0 Å². The Morgan fingerprint density at radius 2 is 1.69 bits per heavy atom. The van der Waals surface area contributed by atoms with E-state index in [1.54, 1.807) is 0 Å². The van der Waals surface area contributed by atoms with Crippen molar-refractivity contribution in [2.24, 2.45) is 0 Å². The number of hydrogen-bond donors (Lipinski definition) is 1. The van der Waals surface area contributed by atoms with Crippen molar-refractivity contribution in [2.45, 2.75) is 56.5 Å². The molecule has 1 saturated carbocycles. The Labute approximate surface area is 204 Å². The number of rotatable bonds is 5. The Morgan fingerprint density at radius 3 is 2.37 bits per heavy atom. The standard InChI is InChI=1S/C27H32FN5O2/c1-32-12-8-18(9-13-32)25-30-24-23(22(28)16-29-26(24)31-25)17-10-14-33(15-11-17)27(34)19-2-4-20(5-3-19)35-21-6-7-21/h2-5,16-18,21H,6-15H2,1H3,(H,29,30,31). The number of H-pyrrole nitrogens is 1. The summed E-state index contributed by atoms with van der Waals surface area (Å²) in [4.78, 5) is 29.8. The quantitative estimate of drug-likeness (QED) is 0.587. The number of carbonyl (C=O) groups is 1. The van der Waals surface area contributed by atoms with Gasteiger partial charge in [-0.25, -0.2) is 14.4 Å². The van der Waals surface area contributed by atoms with Crippen LogP contribution < -0.4 is 4.74 Å². The number of imidazole rings is 1. The Kier molecular flexibility index (Phi) is 5.92. The largest absolute Gasteiger partial charge is 0.490 e. The number of carbonyl (C=O) groups excluding carboxylic acids is 1. The first kappa shape index (κ1) is 22.5. The van der Waals surface area contributed by atoms with E-state index in [0.717, 1.165) is 50.3 Å². The fourth-order valence-corrected chi connectivity index (χ4v) is 5.44. The Bertz CT molecular complexity index is 1210. The molecule has 3 aliphatic rings. The summed E-state index contributed by atoms with van der Waals surface area (Å²) in [6, 6.07) is 7.43. The number of fused-ring (bicyclic) bond motifs is 1. The first-order valence-electron chi connectivity index (χ1n) is 12.8. The van der Waals surface area contributed by atoms with Gasteiger partial charge in [0.2, 0.25) is 0 Å². The van der Waals surface area contributed by atoms with Crippen molar-refractivity contribution in [2.75, 3.05) is 33.2 Å². The van der Waals surface area contributed by atoms with Crippen molar-refractivity contribution >= 4 is 17.1 Å². The predicted molar refractivity (Wildman–Crippen MR) is 131 cm³/mol. The summed E-state index contributed by atoms with van der Waals surface area (Å²) >= 11 is 0. The molecular weight excluding hydrogens is 445 g/mol. The number of nitrogens with one attached hydrogen (secondary N) is 1. The highest BCUT2D eigenvalue weighted by atomic mass is 19.1. The average molecular weight is 478 g/mol. The van der Waals surface area contributed by atoms with Crippen LogP contribution in [0.5, 0.6) is 5.75 Å². The molecule has 1 amide bonds. The maximum absolute atomic E-state index is 15.0. The molecule has 35 heavy (non-hydrogen) atoms. The smallest absolute Gasteiger partial charge is 0.253 e. The summed E-state index contributed by atoms with van der Waals surface area (Å²) in [5.41, 5.74) is 2.65. The van der Waals surface area contributed by atoms with E-state index in [0.29, 0.717) is 60.2 Å². The molecule has 6 rings (SSSR count). The molecule has 2 saturated heterocycles. The number of nitrogens with zero attached hydrogens (tertiary/aromatic N) is 4. The topological polar surface area (TPSA) is 74.3 Å². The highest BCUT2D eigenvalue weighted by Crippen LogP contribution is 2.36. The van der Waals surface area contributed by atoms with Gasteiger partial charge in [-0.15, -0.1) is 0 Å². The van der Waals surface area contributed by atoms with E-state index in [4.69, 9.17) is 9.72 Å². The highest BCUT2D eigenvalue weighted by molar-refractivity contribution is 5.94. The number of likely N-dealkylation sites (tertiary alicyclic amines) is 2. The zero-order valence-electron chi connectivity index (χ0n) is 20.2. The normalized spacial score (nSPS) is 20.5. The van der Waals surface area contributed by atoms with Crippen LogP contribution in [0.2, 0.25) is 0 Å². The molecule has 3 aromatic rings. The van der Waals surface area contributed by atoms with Crippen LogP contribution in [0.1, 0.15) is 72.1 Å². The van der Waals surface area contributed by atoms with E-state index in [1.807, 2.05) is 29.2 Å². The van der Waals surface area contributed by atoms with Crippen LogP contribution in [-0.4, -0.2) is 70.0 Å². The van der Waals surface area contributed by atoms with Crippen molar-refractivity contribution in [1.29, 1.82) is 0 Å². The summed E-state index contributed by atoms with van der Waals surface area (Å²) in [7, 11) is 2.14. The van der Waals surface area contributed by atoms with Gasteiger partial charge < -0.3 is 19.5 Å². The number of ether oxygens (including phenoxy) is 1. The number of aromatic amines is 1. The Morgan fingerprint density at radius 1 is 1.00 bits per heavy atom. The minimum atomic E-state index is -0.296. The molecule has 0 radical (unpaired) electrons. The molecule has 2 aromatic heterocycles. The van der Waals surface area contributed by atoms with E-state index in [1.165, 1.54) is 6.20 Å². The van der Waals surface area contributed by atoms with E-state index in [9.17, 15) is 4.79 Å². The molecule has 4 heterocycles. The lowest BCUT2D eigenvalue weighted by Gasteiger charge is -2.32. The molecule has 0 atom stereocenters. The molecular formula is C27H32FN5O2. The molecule has 0 bridgehead atoms. The minimum absolute atomic E-state index is 0.0195. The van der Waals surface area contributed by atoms with Gasteiger partial charge in [-0.3, -0.25) is 4.79 Å². The van der Waals surface area contributed by atoms with Gasteiger partial charge >= 0.3 is 0 Å². The van der Waals surface area contributed by atoms with Crippen LogP contribution in [0.4, 0.5) is 4.39 Å². The van der Waals surface area contributed by atoms with Crippen LogP contribution in [0.25, 0.3) is 11.2 Å². The zero-order chi connectivity index (χ0) is 23.9. The SMILES string of the molecule is CN1CCC(c2nc3c(C4CCN(C(=O)c5ccc(OC6CC6)cc5)CC4)c(F)cnc3[nH]2)CC1. The fourth-order valence-electron chi connectivity index (χ4n) is 5.44. The first-order chi connectivity index (χ1) is 17.0.